The van der Waals surface area contributed by atoms with Crippen LogP contribution in [0.4, 0.5) is 0 Å². The van der Waals surface area contributed by atoms with Gasteiger partial charge in [-0.25, -0.2) is 9.79 Å². The van der Waals surface area contributed by atoms with Crippen molar-refractivity contribution in [2.45, 2.75) is 0 Å². The number of esters is 1. The highest BCUT2D eigenvalue weighted by Crippen LogP contribution is 2.25. The van der Waals surface area contributed by atoms with E-state index in [1.54, 1.807) is 49.6 Å². The molecule has 3 rings (SSSR count). The van der Waals surface area contributed by atoms with Crippen molar-refractivity contribution in [3.63, 3.8) is 0 Å². The van der Waals surface area contributed by atoms with Crippen LogP contribution in [0.3, 0.4) is 0 Å². The minimum absolute atomic E-state index is 0.192. The van der Waals surface area contributed by atoms with Gasteiger partial charge in [-0.15, -0.1) is 0 Å². The number of nitrogens with zero attached hydrogens (tertiary/aromatic N) is 1. The number of hydrogen-bond donors (Lipinski definition) is 0. The maximum absolute atomic E-state index is 12.0. The Morgan fingerprint density at radius 1 is 1.08 bits per heavy atom. The Balaban J connectivity index is 1.85. The summed E-state index contributed by atoms with van der Waals surface area (Å²) in [5.74, 6) is 0.319. The first kappa shape index (κ1) is 17.3. The molecule has 0 aliphatic carbocycles. The van der Waals surface area contributed by atoms with Gasteiger partial charge in [0.05, 0.1) is 7.11 Å². The summed E-state index contributed by atoms with van der Waals surface area (Å²) in [6, 6.07) is 12.5. The number of aliphatic imine (C=N–C) groups is 1. The molecule has 2 aromatic rings. The molecule has 0 fully saturated rings. The summed E-state index contributed by atoms with van der Waals surface area (Å²) >= 11 is 12.0. The molecule has 0 radical (unpaired) electrons. The normalized spacial score (nSPS) is 15.6. The number of benzene rings is 2. The van der Waals surface area contributed by atoms with Crippen molar-refractivity contribution >= 4 is 47.2 Å². The molecule has 25 heavy (non-hydrogen) atoms. The Kier molecular flexibility index (Phi) is 5.22. The molecule has 6 heteroatoms. The maximum atomic E-state index is 12.0. The summed E-state index contributed by atoms with van der Waals surface area (Å²) in [5, 5.41) is 1.05. The van der Waals surface area contributed by atoms with Crippen LogP contribution in [0, 0.1) is 0 Å². The standard InChI is InChI=1S/C19H13Cl2NO3/c1-24-17-5-3-2-4-13(17)10-16-19(23)25-18(22-16)9-7-12-6-8-14(20)11-15(12)21/h2-11H,1H3. The third-order valence-electron chi connectivity index (χ3n) is 3.44. The summed E-state index contributed by atoms with van der Waals surface area (Å²) in [4.78, 5) is 16.2. The predicted octanol–water partition coefficient (Wildman–Crippen LogP) is 5.01. The second-order valence-corrected chi connectivity index (χ2v) is 5.95. The zero-order chi connectivity index (χ0) is 17.8. The lowest BCUT2D eigenvalue weighted by atomic mass is 10.1. The van der Waals surface area contributed by atoms with E-state index in [0.717, 1.165) is 11.1 Å². The van der Waals surface area contributed by atoms with E-state index >= 15 is 0 Å². The van der Waals surface area contributed by atoms with Crippen LogP contribution < -0.4 is 4.74 Å². The van der Waals surface area contributed by atoms with E-state index in [0.29, 0.717) is 15.8 Å². The smallest absolute Gasteiger partial charge is 0.363 e. The molecule has 0 bridgehead atoms. The Hall–Kier alpha value is -2.56. The molecular formula is C19H13Cl2NO3. The molecule has 0 saturated heterocycles. The minimum atomic E-state index is -0.521. The van der Waals surface area contributed by atoms with Gasteiger partial charge in [0, 0.05) is 21.7 Å². The van der Waals surface area contributed by atoms with Gasteiger partial charge in [-0.2, -0.15) is 0 Å². The SMILES string of the molecule is COc1ccccc1C=C1N=C(C=Cc2ccc(Cl)cc2Cl)OC1=O. The van der Waals surface area contributed by atoms with Gasteiger partial charge in [-0.3, -0.25) is 0 Å². The molecule has 0 atom stereocenters. The Bertz CT molecular complexity index is 917. The number of carbonyl (C=O) groups excluding carboxylic acids is 1. The third-order valence-corrected chi connectivity index (χ3v) is 4.00. The van der Waals surface area contributed by atoms with Crippen molar-refractivity contribution < 1.29 is 14.3 Å². The lowest BCUT2D eigenvalue weighted by Crippen LogP contribution is -2.01. The molecule has 1 aliphatic heterocycles. The van der Waals surface area contributed by atoms with Crippen molar-refractivity contribution in [2.75, 3.05) is 7.11 Å². The summed E-state index contributed by atoms with van der Waals surface area (Å²) in [6.45, 7) is 0. The number of methoxy groups -OCH3 is 1. The van der Waals surface area contributed by atoms with Crippen LogP contribution in [0.25, 0.3) is 12.2 Å². The highest BCUT2D eigenvalue weighted by molar-refractivity contribution is 6.35. The number of carbonyl (C=O) groups is 1. The lowest BCUT2D eigenvalue weighted by molar-refractivity contribution is -0.129. The average molecular weight is 374 g/mol. The van der Waals surface area contributed by atoms with Crippen LogP contribution in [-0.2, 0) is 9.53 Å². The summed E-state index contributed by atoms with van der Waals surface area (Å²) < 4.78 is 10.4. The van der Waals surface area contributed by atoms with E-state index in [9.17, 15) is 4.79 Å². The fourth-order valence-electron chi connectivity index (χ4n) is 2.23. The van der Waals surface area contributed by atoms with E-state index in [-0.39, 0.29) is 11.6 Å². The quantitative estimate of drug-likeness (QED) is 0.558. The van der Waals surface area contributed by atoms with E-state index in [1.165, 1.54) is 0 Å². The van der Waals surface area contributed by atoms with E-state index in [2.05, 4.69) is 4.99 Å². The monoisotopic (exact) mass is 373 g/mol. The van der Waals surface area contributed by atoms with Crippen LogP contribution in [-0.4, -0.2) is 19.0 Å². The van der Waals surface area contributed by atoms with Crippen LogP contribution in [0.15, 0.2) is 59.2 Å². The zero-order valence-electron chi connectivity index (χ0n) is 13.2. The fourth-order valence-corrected chi connectivity index (χ4v) is 2.70. The number of para-hydroxylation sites is 1. The predicted molar refractivity (Wildman–Crippen MR) is 100.0 cm³/mol. The van der Waals surface area contributed by atoms with Gasteiger partial charge in [0.25, 0.3) is 0 Å². The second kappa shape index (κ2) is 7.55. The Labute approximate surface area is 155 Å². The molecule has 4 nitrogen and oxygen atoms in total. The molecule has 0 amide bonds. The average Bonchev–Trinajstić information content (AvgIpc) is 2.94. The van der Waals surface area contributed by atoms with Gasteiger partial charge in [0.1, 0.15) is 5.75 Å². The van der Waals surface area contributed by atoms with Crippen molar-refractivity contribution in [3.05, 3.63) is 75.4 Å². The van der Waals surface area contributed by atoms with Crippen molar-refractivity contribution in [2.24, 2.45) is 4.99 Å². The molecule has 0 N–H and O–H groups in total. The topological polar surface area (TPSA) is 47.9 Å². The number of hydrogen-bond acceptors (Lipinski definition) is 4. The largest absolute Gasteiger partial charge is 0.496 e. The van der Waals surface area contributed by atoms with Gasteiger partial charge >= 0.3 is 5.97 Å². The van der Waals surface area contributed by atoms with Crippen molar-refractivity contribution in [3.8, 4) is 5.75 Å². The first-order valence-corrected chi connectivity index (χ1v) is 8.11. The zero-order valence-corrected chi connectivity index (χ0v) is 14.7. The highest BCUT2D eigenvalue weighted by atomic mass is 35.5. The first-order valence-electron chi connectivity index (χ1n) is 7.35. The van der Waals surface area contributed by atoms with Crippen LogP contribution in [0.2, 0.25) is 10.0 Å². The molecular weight excluding hydrogens is 361 g/mol. The lowest BCUT2D eigenvalue weighted by Gasteiger charge is -2.03. The minimum Gasteiger partial charge on any atom is -0.496 e. The number of ether oxygens (including phenoxy) is 2. The van der Waals surface area contributed by atoms with E-state index in [4.69, 9.17) is 32.7 Å². The molecule has 0 unspecified atom stereocenters. The molecule has 0 saturated carbocycles. The Morgan fingerprint density at radius 3 is 2.64 bits per heavy atom. The van der Waals surface area contributed by atoms with Gasteiger partial charge < -0.3 is 9.47 Å². The highest BCUT2D eigenvalue weighted by Gasteiger charge is 2.21. The van der Waals surface area contributed by atoms with E-state index < -0.39 is 5.97 Å². The van der Waals surface area contributed by atoms with E-state index in [1.807, 2.05) is 18.2 Å². The molecule has 0 spiro atoms. The number of cyclic esters (lactones) is 1. The Morgan fingerprint density at radius 2 is 1.88 bits per heavy atom. The maximum Gasteiger partial charge on any atom is 0.363 e. The molecule has 1 aliphatic rings. The molecule has 1 heterocycles. The molecule has 2 aromatic carbocycles. The molecule has 0 aromatic heterocycles. The van der Waals surface area contributed by atoms with Crippen LogP contribution in [0.1, 0.15) is 11.1 Å². The van der Waals surface area contributed by atoms with Crippen molar-refractivity contribution in [1.82, 2.24) is 0 Å². The van der Waals surface area contributed by atoms with Crippen LogP contribution in [0.5, 0.6) is 5.75 Å². The van der Waals surface area contributed by atoms with Gasteiger partial charge in [0.15, 0.2) is 5.70 Å². The number of halogens is 2. The summed E-state index contributed by atoms with van der Waals surface area (Å²) in [7, 11) is 1.57. The fraction of sp³-hybridized carbons (Fsp3) is 0.0526. The number of rotatable bonds is 4. The first-order chi connectivity index (χ1) is 12.1. The van der Waals surface area contributed by atoms with Gasteiger partial charge in [-0.05, 0) is 35.9 Å². The third kappa shape index (κ3) is 4.10. The second-order valence-electron chi connectivity index (χ2n) is 5.11. The summed E-state index contributed by atoms with van der Waals surface area (Å²) in [6.07, 6.45) is 4.91. The molecule has 126 valence electrons. The van der Waals surface area contributed by atoms with Gasteiger partial charge in [0.2, 0.25) is 5.90 Å². The van der Waals surface area contributed by atoms with Gasteiger partial charge in [-0.1, -0.05) is 47.5 Å². The van der Waals surface area contributed by atoms with Crippen molar-refractivity contribution in [1.29, 1.82) is 0 Å². The van der Waals surface area contributed by atoms with Crippen LogP contribution >= 0.6 is 23.2 Å². The summed E-state index contributed by atoms with van der Waals surface area (Å²) in [5.41, 5.74) is 1.69.